The van der Waals surface area contributed by atoms with Crippen molar-refractivity contribution < 1.29 is 9.72 Å². The predicted molar refractivity (Wildman–Crippen MR) is 90.9 cm³/mol. The van der Waals surface area contributed by atoms with Gasteiger partial charge in [-0.25, -0.2) is 0 Å². The highest BCUT2D eigenvalue weighted by Gasteiger charge is 2.30. The molecule has 2 aromatic carbocycles. The van der Waals surface area contributed by atoms with Gasteiger partial charge >= 0.3 is 0 Å². The number of halogens is 1. The van der Waals surface area contributed by atoms with E-state index in [0.717, 1.165) is 5.56 Å². The first kappa shape index (κ1) is 17.0. The molecule has 6 heteroatoms. The molecular weight excluding hydrogens is 316 g/mol. The van der Waals surface area contributed by atoms with E-state index in [4.69, 9.17) is 11.6 Å². The maximum absolute atomic E-state index is 12.6. The Morgan fingerprint density at radius 2 is 1.78 bits per heavy atom. The summed E-state index contributed by atoms with van der Waals surface area (Å²) in [5.74, 6) is -0.252. The first-order chi connectivity index (χ1) is 10.7. The van der Waals surface area contributed by atoms with Crippen LogP contribution in [0.3, 0.4) is 0 Å². The van der Waals surface area contributed by atoms with E-state index >= 15 is 0 Å². The number of rotatable bonds is 4. The Morgan fingerprint density at radius 3 is 2.35 bits per heavy atom. The summed E-state index contributed by atoms with van der Waals surface area (Å²) >= 11 is 5.87. The number of hydrogen-bond donors (Lipinski definition) is 1. The monoisotopic (exact) mass is 332 g/mol. The van der Waals surface area contributed by atoms with Crippen LogP contribution in [0.1, 0.15) is 25.0 Å². The minimum absolute atomic E-state index is 0.0212. The molecule has 0 aliphatic carbocycles. The zero-order valence-corrected chi connectivity index (χ0v) is 13.8. The summed E-state index contributed by atoms with van der Waals surface area (Å²) in [4.78, 5) is 23.1. The number of nitrogens with zero attached hydrogens (tertiary/aromatic N) is 1. The molecule has 120 valence electrons. The number of nitro groups is 1. The Hall–Kier alpha value is -2.40. The van der Waals surface area contributed by atoms with Crippen LogP contribution in [0.15, 0.2) is 42.5 Å². The number of hydrogen-bond acceptors (Lipinski definition) is 3. The van der Waals surface area contributed by atoms with Crippen LogP contribution in [0.5, 0.6) is 0 Å². The molecule has 5 nitrogen and oxygen atoms in total. The zero-order valence-electron chi connectivity index (χ0n) is 13.1. The smallest absolute Gasteiger partial charge is 0.274 e. The van der Waals surface area contributed by atoms with Gasteiger partial charge in [-0.1, -0.05) is 29.8 Å². The van der Waals surface area contributed by atoms with Gasteiger partial charge in [-0.05, 0) is 44.5 Å². The Balaban J connectivity index is 2.26. The van der Waals surface area contributed by atoms with Crippen molar-refractivity contribution in [2.75, 3.05) is 5.32 Å². The minimum Gasteiger partial charge on any atom is -0.325 e. The highest BCUT2D eigenvalue weighted by atomic mass is 35.5. The average molecular weight is 333 g/mol. The third-order valence-electron chi connectivity index (χ3n) is 3.80. The van der Waals surface area contributed by atoms with E-state index in [1.165, 1.54) is 6.07 Å². The molecule has 0 saturated carbocycles. The molecule has 1 N–H and O–H groups in total. The molecule has 0 atom stereocenters. The van der Waals surface area contributed by atoms with Crippen LogP contribution in [0.2, 0.25) is 5.02 Å². The third-order valence-corrected chi connectivity index (χ3v) is 4.05. The quantitative estimate of drug-likeness (QED) is 0.663. The van der Waals surface area contributed by atoms with E-state index in [2.05, 4.69) is 5.32 Å². The Bertz CT molecular complexity index is 755. The van der Waals surface area contributed by atoms with Gasteiger partial charge in [-0.3, -0.25) is 14.9 Å². The zero-order chi connectivity index (χ0) is 17.2. The van der Waals surface area contributed by atoms with E-state index in [-0.39, 0.29) is 11.6 Å². The van der Waals surface area contributed by atoms with Crippen molar-refractivity contribution in [2.24, 2.45) is 0 Å². The highest BCUT2D eigenvalue weighted by Crippen LogP contribution is 2.28. The van der Waals surface area contributed by atoms with Crippen molar-refractivity contribution in [3.05, 3.63) is 68.7 Å². The summed E-state index contributed by atoms with van der Waals surface area (Å²) in [5.41, 5.74) is 0.928. The molecule has 0 radical (unpaired) electrons. The molecule has 2 aromatic rings. The fourth-order valence-corrected chi connectivity index (χ4v) is 2.29. The molecular formula is C17H17ClN2O3. The van der Waals surface area contributed by atoms with E-state index in [0.29, 0.717) is 16.3 Å². The Morgan fingerprint density at radius 1 is 1.17 bits per heavy atom. The van der Waals surface area contributed by atoms with Crippen LogP contribution in [-0.4, -0.2) is 10.8 Å². The van der Waals surface area contributed by atoms with Gasteiger partial charge in [0.15, 0.2) is 0 Å². The normalized spacial score (nSPS) is 11.1. The third kappa shape index (κ3) is 3.68. The second-order valence-electron chi connectivity index (χ2n) is 5.84. The lowest BCUT2D eigenvalue weighted by molar-refractivity contribution is -0.385. The van der Waals surface area contributed by atoms with Gasteiger partial charge in [0.2, 0.25) is 5.91 Å². The van der Waals surface area contributed by atoms with Gasteiger partial charge in [-0.15, -0.1) is 0 Å². The first-order valence-corrected chi connectivity index (χ1v) is 7.42. The maximum atomic E-state index is 12.6. The van der Waals surface area contributed by atoms with Gasteiger partial charge in [0.05, 0.1) is 10.3 Å². The topological polar surface area (TPSA) is 72.2 Å². The molecule has 0 saturated heterocycles. The van der Waals surface area contributed by atoms with Crippen molar-refractivity contribution >= 4 is 28.9 Å². The van der Waals surface area contributed by atoms with Gasteiger partial charge < -0.3 is 5.32 Å². The molecule has 0 heterocycles. The number of benzene rings is 2. The SMILES string of the molecule is Cc1ccc(NC(=O)C(C)(C)c2ccc(Cl)cc2)cc1[N+](=O)[O-]. The molecule has 0 aromatic heterocycles. The van der Waals surface area contributed by atoms with Crippen LogP contribution >= 0.6 is 11.6 Å². The predicted octanol–water partition coefficient (Wildman–Crippen LogP) is 4.47. The van der Waals surface area contributed by atoms with Crippen molar-refractivity contribution in [3.63, 3.8) is 0 Å². The lowest BCUT2D eigenvalue weighted by Gasteiger charge is -2.24. The van der Waals surface area contributed by atoms with Crippen LogP contribution in [0.4, 0.5) is 11.4 Å². The van der Waals surface area contributed by atoms with E-state index < -0.39 is 10.3 Å². The highest BCUT2D eigenvalue weighted by molar-refractivity contribution is 6.30. The van der Waals surface area contributed by atoms with Gasteiger partial charge in [0.1, 0.15) is 0 Å². The number of anilines is 1. The molecule has 0 aliphatic rings. The number of carbonyl (C=O) groups is 1. The van der Waals surface area contributed by atoms with Crippen molar-refractivity contribution in [2.45, 2.75) is 26.2 Å². The number of aryl methyl sites for hydroxylation is 1. The van der Waals surface area contributed by atoms with Gasteiger partial charge in [0.25, 0.3) is 5.69 Å². The molecule has 0 unspecified atom stereocenters. The molecule has 23 heavy (non-hydrogen) atoms. The lowest BCUT2D eigenvalue weighted by Crippen LogP contribution is -2.34. The van der Waals surface area contributed by atoms with E-state index in [1.807, 2.05) is 0 Å². The number of nitrogens with one attached hydrogen (secondary N) is 1. The first-order valence-electron chi connectivity index (χ1n) is 7.04. The van der Waals surface area contributed by atoms with Gasteiger partial charge in [-0.2, -0.15) is 0 Å². The second-order valence-corrected chi connectivity index (χ2v) is 6.28. The number of nitro benzene ring substituents is 1. The maximum Gasteiger partial charge on any atom is 0.274 e. The average Bonchev–Trinajstić information content (AvgIpc) is 2.49. The Labute approximate surface area is 139 Å². The lowest BCUT2D eigenvalue weighted by atomic mass is 9.83. The molecule has 0 aliphatic heterocycles. The second kappa shape index (κ2) is 6.38. The molecule has 0 bridgehead atoms. The molecule has 0 fully saturated rings. The summed E-state index contributed by atoms with van der Waals surface area (Å²) in [6.45, 7) is 5.23. The van der Waals surface area contributed by atoms with Gasteiger partial charge in [0, 0.05) is 22.3 Å². The summed E-state index contributed by atoms with van der Waals surface area (Å²) in [5, 5.41) is 14.3. The van der Waals surface area contributed by atoms with E-state index in [9.17, 15) is 14.9 Å². The molecule has 2 rings (SSSR count). The van der Waals surface area contributed by atoms with Crippen molar-refractivity contribution in [1.82, 2.24) is 0 Å². The minimum atomic E-state index is -0.801. The fraction of sp³-hybridized carbons (Fsp3) is 0.235. The molecule has 0 spiro atoms. The van der Waals surface area contributed by atoms with Crippen molar-refractivity contribution in [3.8, 4) is 0 Å². The largest absolute Gasteiger partial charge is 0.325 e. The van der Waals surface area contributed by atoms with E-state index in [1.54, 1.807) is 57.2 Å². The summed E-state index contributed by atoms with van der Waals surface area (Å²) < 4.78 is 0. The Kier molecular flexibility index (Phi) is 4.71. The van der Waals surface area contributed by atoms with Crippen LogP contribution < -0.4 is 5.32 Å². The summed E-state index contributed by atoms with van der Waals surface area (Å²) in [6, 6.07) is 11.7. The van der Waals surface area contributed by atoms with Crippen LogP contribution in [-0.2, 0) is 10.2 Å². The van der Waals surface area contributed by atoms with Crippen LogP contribution in [0, 0.1) is 17.0 Å². The standard InChI is InChI=1S/C17H17ClN2O3/c1-11-4-9-14(10-15(11)20(22)23)19-16(21)17(2,3)12-5-7-13(18)8-6-12/h4-10H,1-3H3,(H,19,21). The molecule has 1 amide bonds. The van der Waals surface area contributed by atoms with Crippen molar-refractivity contribution in [1.29, 1.82) is 0 Å². The number of carbonyl (C=O) groups excluding carboxylic acids is 1. The summed E-state index contributed by atoms with van der Waals surface area (Å²) in [7, 11) is 0. The number of amides is 1. The summed E-state index contributed by atoms with van der Waals surface area (Å²) in [6.07, 6.45) is 0. The van der Waals surface area contributed by atoms with Crippen LogP contribution in [0.25, 0.3) is 0 Å². The fourth-order valence-electron chi connectivity index (χ4n) is 2.17.